The van der Waals surface area contributed by atoms with Crippen molar-refractivity contribution in [1.29, 1.82) is 0 Å². The highest BCUT2D eigenvalue weighted by Gasteiger charge is 2.20. The molecule has 0 unspecified atom stereocenters. The second kappa shape index (κ2) is 7.19. The van der Waals surface area contributed by atoms with Gasteiger partial charge in [0, 0.05) is 33.3 Å². The number of thiazole rings is 1. The molecule has 0 spiro atoms. The number of anilines is 1. The van der Waals surface area contributed by atoms with Crippen molar-refractivity contribution in [3.05, 3.63) is 10.6 Å². The Morgan fingerprint density at radius 2 is 2.05 bits per heavy atom. The molecule has 0 saturated carbocycles. The first-order chi connectivity index (χ1) is 9.28. The lowest BCUT2D eigenvalue weighted by molar-refractivity contribution is 0.179. The van der Waals surface area contributed by atoms with Crippen molar-refractivity contribution in [2.24, 2.45) is 0 Å². The average molecular weight is 285 g/mol. The molecule has 2 rings (SSSR count). The molecule has 0 bridgehead atoms. The van der Waals surface area contributed by atoms with Gasteiger partial charge < -0.3 is 14.7 Å². The summed E-state index contributed by atoms with van der Waals surface area (Å²) in [7, 11) is 1.66. The van der Waals surface area contributed by atoms with E-state index >= 15 is 0 Å². The van der Waals surface area contributed by atoms with Crippen LogP contribution in [0.1, 0.15) is 23.9 Å². The minimum absolute atomic E-state index is 0.0478. The van der Waals surface area contributed by atoms with Crippen molar-refractivity contribution in [2.75, 3.05) is 44.7 Å². The molecule has 19 heavy (non-hydrogen) atoms. The van der Waals surface area contributed by atoms with Crippen molar-refractivity contribution in [3.8, 4) is 0 Å². The summed E-state index contributed by atoms with van der Waals surface area (Å²) < 4.78 is 5.13. The predicted octanol–water partition coefficient (Wildman–Crippen LogP) is 1.31. The van der Waals surface area contributed by atoms with E-state index in [0.717, 1.165) is 41.9 Å². The lowest BCUT2D eigenvalue weighted by atomic mass is 10.3. The molecule has 5 nitrogen and oxygen atoms in total. The summed E-state index contributed by atoms with van der Waals surface area (Å²) in [6.07, 6.45) is 1.21. The molecule has 6 heteroatoms. The Morgan fingerprint density at radius 1 is 1.32 bits per heavy atom. The molecule has 1 aromatic rings. The zero-order valence-electron chi connectivity index (χ0n) is 11.8. The average Bonchev–Trinajstić information content (AvgIpc) is 2.84. The maximum Gasteiger partial charge on any atom is 0.186 e. The highest BCUT2D eigenvalue weighted by Crippen LogP contribution is 2.27. The molecular weight excluding hydrogens is 262 g/mol. The van der Waals surface area contributed by atoms with Crippen LogP contribution in [0.2, 0.25) is 0 Å². The van der Waals surface area contributed by atoms with Crippen LogP contribution in [0.25, 0.3) is 0 Å². The highest BCUT2D eigenvalue weighted by atomic mass is 32.1. The van der Waals surface area contributed by atoms with E-state index in [-0.39, 0.29) is 6.61 Å². The summed E-state index contributed by atoms with van der Waals surface area (Å²) in [4.78, 5) is 10.3. The van der Waals surface area contributed by atoms with E-state index in [4.69, 9.17) is 4.74 Å². The molecule has 0 aliphatic carbocycles. The standard InChI is InChI=1S/C13H23N3O2S/c1-3-4-15-5-7-16(8-6-15)13-14-11(10-18-2)12(9-17)19-13/h17H,3-10H2,1-2H3. The smallest absolute Gasteiger partial charge is 0.186 e. The van der Waals surface area contributed by atoms with Crippen LogP contribution in [0, 0.1) is 0 Å². The molecule has 1 saturated heterocycles. The first-order valence-electron chi connectivity index (χ1n) is 6.84. The molecule has 1 fully saturated rings. The van der Waals surface area contributed by atoms with Gasteiger partial charge in [0.1, 0.15) is 0 Å². The Labute approximate surface area is 118 Å². The fourth-order valence-corrected chi connectivity index (χ4v) is 3.33. The summed E-state index contributed by atoms with van der Waals surface area (Å²) >= 11 is 1.59. The number of aliphatic hydroxyl groups is 1. The number of hydrogen-bond donors (Lipinski definition) is 1. The van der Waals surface area contributed by atoms with Crippen LogP contribution < -0.4 is 4.90 Å². The van der Waals surface area contributed by atoms with Gasteiger partial charge in [-0.15, -0.1) is 0 Å². The minimum Gasteiger partial charge on any atom is -0.391 e. The third kappa shape index (κ3) is 3.66. The monoisotopic (exact) mass is 285 g/mol. The van der Waals surface area contributed by atoms with Gasteiger partial charge in [-0.25, -0.2) is 4.98 Å². The van der Waals surface area contributed by atoms with Gasteiger partial charge in [0.2, 0.25) is 0 Å². The van der Waals surface area contributed by atoms with Crippen molar-refractivity contribution in [3.63, 3.8) is 0 Å². The summed E-state index contributed by atoms with van der Waals surface area (Å²) in [5, 5.41) is 10.4. The number of ether oxygens (including phenoxy) is 1. The molecule has 0 atom stereocenters. The molecule has 108 valence electrons. The lowest BCUT2D eigenvalue weighted by Crippen LogP contribution is -2.46. The Bertz CT molecular complexity index is 389. The van der Waals surface area contributed by atoms with E-state index in [1.165, 1.54) is 13.0 Å². The number of hydrogen-bond acceptors (Lipinski definition) is 6. The van der Waals surface area contributed by atoms with Crippen LogP contribution >= 0.6 is 11.3 Å². The van der Waals surface area contributed by atoms with Crippen LogP contribution in [-0.4, -0.2) is 54.8 Å². The molecule has 1 aliphatic heterocycles. The van der Waals surface area contributed by atoms with Gasteiger partial charge in [-0.3, -0.25) is 4.90 Å². The fraction of sp³-hybridized carbons (Fsp3) is 0.769. The summed E-state index contributed by atoms with van der Waals surface area (Å²) in [5.74, 6) is 0. The normalized spacial score (nSPS) is 17.1. The van der Waals surface area contributed by atoms with Crippen LogP contribution in [-0.2, 0) is 18.0 Å². The van der Waals surface area contributed by atoms with Crippen LogP contribution in [0.5, 0.6) is 0 Å². The Hall–Kier alpha value is -0.690. The summed E-state index contributed by atoms with van der Waals surface area (Å²) in [6, 6.07) is 0. The van der Waals surface area contributed by atoms with Crippen molar-refractivity contribution in [1.82, 2.24) is 9.88 Å². The second-order valence-electron chi connectivity index (χ2n) is 4.79. The van der Waals surface area contributed by atoms with Gasteiger partial charge in [0.25, 0.3) is 0 Å². The molecule has 1 aliphatic rings. The van der Waals surface area contributed by atoms with E-state index in [0.29, 0.717) is 6.61 Å². The number of methoxy groups -OCH3 is 1. The topological polar surface area (TPSA) is 48.8 Å². The fourth-order valence-electron chi connectivity index (χ4n) is 2.36. The third-order valence-corrected chi connectivity index (χ3v) is 4.52. The zero-order chi connectivity index (χ0) is 13.7. The van der Waals surface area contributed by atoms with Gasteiger partial charge in [-0.1, -0.05) is 18.3 Å². The second-order valence-corrected chi connectivity index (χ2v) is 5.85. The number of nitrogens with zero attached hydrogens (tertiary/aromatic N) is 3. The number of aliphatic hydroxyl groups excluding tert-OH is 1. The Kier molecular flexibility index (Phi) is 5.57. The Balaban J connectivity index is 1.99. The molecule has 1 aromatic heterocycles. The van der Waals surface area contributed by atoms with Crippen LogP contribution in [0.15, 0.2) is 0 Å². The zero-order valence-corrected chi connectivity index (χ0v) is 12.6. The van der Waals surface area contributed by atoms with Crippen molar-refractivity contribution < 1.29 is 9.84 Å². The van der Waals surface area contributed by atoms with Gasteiger partial charge in [0.05, 0.1) is 23.8 Å². The molecule has 0 amide bonds. The van der Waals surface area contributed by atoms with E-state index in [1.807, 2.05) is 0 Å². The lowest BCUT2D eigenvalue weighted by Gasteiger charge is -2.34. The molecule has 1 N–H and O–H groups in total. The quantitative estimate of drug-likeness (QED) is 0.854. The summed E-state index contributed by atoms with van der Waals surface area (Å²) in [6.45, 7) is 8.16. The maximum absolute atomic E-state index is 9.36. The van der Waals surface area contributed by atoms with Crippen LogP contribution in [0.3, 0.4) is 0 Å². The van der Waals surface area contributed by atoms with Crippen LogP contribution in [0.4, 0.5) is 5.13 Å². The molecule has 0 aromatic carbocycles. The minimum atomic E-state index is 0.0478. The van der Waals surface area contributed by atoms with Crippen molar-refractivity contribution in [2.45, 2.75) is 26.6 Å². The molecule has 2 heterocycles. The van der Waals surface area contributed by atoms with Gasteiger partial charge in [-0.2, -0.15) is 0 Å². The van der Waals surface area contributed by atoms with Gasteiger partial charge >= 0.3 is 0 Å². The number of aromatic nitrogens is 1. The largest absolute Gasteiger partial charge is 0.391 e. The number of rotatable bonds is 6. The maximum atomic E-state index is 9.36. The molecule has 0 radical (unpaired) electrons. The predicted molar refractivity (Wildman–Crippen MR) is 77.7 cm³/mol. The van der Waals surface area contributed by atoms with E-state index in [2.05, 4.69) is 21.7 Å². The Morgan fingerprint density at radius 3 is 2.63 bits per heavy atom. The SMILES string of the molecule is CCCN1CCN(c2nc(COC)c(CO)s2)CC1. The van der Waals surface area contributed by atoms with Gasteiger partial charge in [0.15, 0.2) is 5.13 Å². The van der Waals surface area contributed by atoms with E-state index in [9.17, 15) is 5.11 Å². The van der Waals surface area contributed by atoms with E-state index < -0.39 is 0 Å². The van der Waals surface area contributed by atoms with Crippen molar-refractivity contribution >= 4 is 16.5 Å². The first kappa shape index (κ1) is 14.7. The third-order valence-electron chi connectivity index (χ3n) is 3.37. The molecular formula is C13H23N3O2S. The van der Waals surface area contributed by atoms with E-state index in [1.54, 1.807) is 18.4 Å². The highest BCUT2D eigenvalue weighted by molar-refractivity contribution is 7.15. The van der Waals surface area contributed by atoms with Gasteiger partial charge in [-0.05, 0) is 13.0 Å². The number of piperazine rings is 1. The first-order valence-corrected chi connectivity index (χ1v) is 7.65. The summed E-state index contributed by atoms with van der Waals surface area (Å²) in [5.41, 5.74) is 0.876.